The lowest BCUT2D eigenvalue weighted by atomic mass is 9.95. The minimum absolute atomic E-state index is 0.00534. The van der Waals surface area contributed by atoms with Crippen LogP contribution in [0.15, 0.2) is 35.1 Å². The maximum Gasteiger partial charge on any atom is 0.345 e. The standard InChI is InChI=1S/C21H26N4O3/c1-23-21(28)25(17-7-8-17)20(22-23)16-11-13-24(14-12-16)19(27)10-9-18(26)15-5-3-2-4-6-15/h2-6,16-17H,7-14H2,1H3. The zero-order chi connectivity index (χ0) is 19.7. The average molecular weight is 382 g/mol. The Kier molecular flexibility index (Phi) is 5.15. The van der Waals surface area contributed by atoms with Gasteiger partial charge in [-0.25, -0.2) is 9.48 Å². The number of amides is 1. The Hall–Kier alpha value is -2.70. The minimum atomic E-state index is -0.0320. The molecular formula is C21H26N4O3. The van der Waals surface area contributed by atoms with Crippen molar-refractivity contribution >= 4 is 11.7 Å². The molecule has 1 aromatic heterocycles. The highest BCUT2D eigenvalue weighted by Gasteiger charge is 2.34. The summed E-state index contributed by atoms with van der Waals surface area (Å²) < 4.78 is 3.29. The topological polar surface area (TPSA) is 77.2 Å². The number of likely N-dealkylation sites (tertiary alicyclic amines) is 1. The third-order valence-electron chi connectivity index (χ3n) is 5.77. The van der Waals surface area contributed by atoms with E-state index in [9.17, 15) is 14.4 Å². The van der Waals surface area contributed by atoms with Crippen molar-refractivity contribution in [2.75, 3.05) is 13.1 Å². The van der Waals surface area contributed by atoms with E-state index in [0.29, 0.717) is 24.7 Å². The molecule has 148 valence electrons. The predicted octanol–water partition coefficient (Wildman–Crippen LogP) is 2.29. The summed E-state index contributed by atoms with van der Waals surface area (Å²) in [4.78, 5) is 38.9. The first kappa shape index (κ1) is 18.7. The monoisotopic (exact) mass is 382 g/mol. The number of piperidine rings is 1. The summed E-state index contributed by atoms with van der Waals surface area (Å²) >= 11 is 0. The fourth-order valence-corrected chi connectivity index (χ4v) is 3.99. The Morgan fingerprint density at radius 2 is 1.71 bits per heavy atom. The summed E-state index contributed by atoms with van der Waals surface area (Å²) in [5.74, 6) is 1.12. The Bertz CT molecular complexity index is 919. The lowest BCUT2D eigenvalue weighted by molar-refractivity contribution is -0.132. The van der Waals surface area contributed by atoms with Crippen molar-refractivity contribution < 1.29 is 9.59 Å². The van der Waals surface area contributed by atoms with Crippen LogP contribution >= 0.6 is 0 Å². The molecule has 1 aliphatic heterocycles. The van der Waals surface area contributed by atoms with Gasteiger partial charge in [-0.3, -0.25) is 14.2 Å². The number of nitrogens with zero attached hydrogens (tertiary/aromatic N) is 4. The van der Waals surface area contributed by atoms with Gasteiger partial charge in [-0.2, -0.15) is 5.10 Å². The summed E-state index contributed by atoms with van der Waals surface area (Å²) in [5.41, 5.74) is 0.623. The molecule has 0 bridgehead atoms. The molecule has 2 heterocycles. The molecule has 2 aromatic rings. The quantitative estimate of drug-likeness (QED) is 0.718. The van der Waals surface area contributed by atoms with E-state index in [-0.39, 0.29) is 36.1 Å². The van der Waals surface area contributed by atoms with Crippen LogP contribution in [0.1, 0.15) is 66.7 Å². The van der Waals surface area contributed by atoms with E-state index in [0.717, 1.165) is 31.5 Å². The van der Waals surface area contributed by atoms with Crippen molar-refractivity contribution in [2.45, 2.75) is 50.5 Å². The Morgan fingerprint density at radius 3 is 2.36 bits per heavy atom. The summed E-state index contributed by atoms with van der Waals surface area (Å²) in [6, 6.07) is 9.41. The molecule has 0 radical (unpaired) electrons. The first-order valence-corrected chi connectivity index (χ1v) is 10.1. The van der Waals surface area contributed by atoms with E-state index in [4.69, 9.17) is 0 Å². The lowest BCUT2D eigenvalue weighted by Crippen LogP contribution is -2.38. The molecule has 7 nitrogen and oxygen atoms in total. The summed E-state index contributed by atoms with van der Waals surface area (Å²) in [7, 11) is 1.70. The molecule has 4 rings (SSSR count). The number of aromatic nitrogens is 3. The number of benzene rings is 1. The molecule has 1 saturated heterocycles. The zero-order valence-corrected chi connectivity index (χ0v) is 16.2. The largest absolute Gasteiger partial charge is 0.345 e. The molecule has 2 aliphatic rings. The third kappa shape index (κ3) is 3.79. The highest BCUT2D eigenvalue weighted by atomic mass is 16.2. The van der Waals surface area contributed by atoms with Crippen LogP contribution in [0, 0.1) is 0 Å². The Morgan fingerprint density at radius 1 is 1.04 bits per heavy atom. The molecule has 1 aliphatic carbocycles. The van der Waals surface area contributed by atoms with Gasteiger partial charge in [0.25, 0.3) is 0 Å². The molecule has 28 heavy (non-hydrogen) atoms. The number of carbonyl (C=O) groups excluding carboxylic acids is 2. The van der Waals surface area contributed by atoms with Crippen molar-refractivity contribution in [3.8, 4) is 0 Å². The minimum Gasteiger partial charge on any atom is -0.343 e. The molecule has 0 spiro atoms. The first-order valence-electron chi connectivity index (χ1n) is 10.1. The molecule has 1 saturated carbocycles. The number of hydrogen-bond donors (Lipinski definition) is 0. The number of carbonyl (C=O) groups is 2. The molecule has 2 fully saturated rings. The molecule has 0 unspecified atom stereocenters. The van der Waals surface area contributed by atoms with Crippen molar-refractivity contribution in [2.24, 2.45) is 7.05 Å². The average Bonchev–Trinajstić information content (AvgIpc) is 3.52. The Balaban J connectivity index is 1.32. The van der Waals surface area contributed by atoms with E-state index >= 15 is 0 Å². The fourth-order valence-electron chi connectivity index (χ4n) is 3.99. The van der Waals surface area contributed by atoms with Crippen molar-refractivity contribution in [1.82, 2.24) is 19.2 Å². The molecule has 0 atom stereocenters. The SMILES string of the molecule is Cn1nc(C2CCN(C(=O)CCC(=O)c3ccccc3)CC2)n(C2CC2)c1=O. The van der Waals surface area contributed by atoms with Crippen LogP contribution in [0.5, 0.6) is 0 Å². The second-order valence-corrected chi connectivity index (χ2v) is 7.81. The van der Waals surface area contributed by atoms with Crippen LogP contribution < -0.4 is 5.69 Å². The van der Waals surface area contributed by atoms with Gasteiger partial charge in [-0.1, -0.05) is 30.3 Å². The van der Waals surface area contributed by atoms with Gasteiger partial charge in [0.05, 0.1) is 0 Å². The molecule has 7 heteroatoms. The number of rotatable bonds is 6. The van der Waals surface area contributed by atoms with E-state index in [1.54, 1.807) is 19.2 Å². The second-order valence-electron chi connectivity index (χ2n) is 7.81. The number of hydrogen-bond acceptors (Lipinski definition) is 4. The molecule has 1 aromatic carbocycles. The summed E-state index contributed by atoms with van der Waals surface area (Å²) in [6.07, 6.45) is 4.19. The van der Waals surface area contributed by atoms with E-state index in [1.165, 1.54) is 4.68 Å². The highest BCUT2D eigenvalue weighted by Crippen LogP contribution is 2.37. The molecule has 0 N–H and O–H groups in total. The number of Topliss-reactive ketones (excluding diaryl/α,β-unsaturated/α-hetero) is 1. The van der Waals surface area contributed by atoms with E-state index < -0.39 is 0 Å². The maximum atomic E-state index is 12.5. The van der Waals surface area contributed by atoms with Crippen molar-refractivity contribution in [3.05, 3.63) is 52.2 Å². The normalized spacial score (nSPS) is 17.7. The van der Waals surface area contributed by atoms with Crippen molar-refractivity contribution in [3.63, 3.8) is 0 Å². The van der Waals surface area contributed by atoms with Crippen LogP contribution in [-0.2, 0) is 11.8 Å². The highest BCUT2D eigenvalue weighted by molar-refractivity contribution is 5.97. The molecular weight excluding hydrogens is 356 g/mol. The smallest absolute Gasteiger partial charge is 0.343 e. The van der Waals surface area contributed by atoms with Crippen LogP contribution in [0.25, 0.3) is 0 Å². The Labute approximate surface area is 164 Å². The van der Waals surface area contributed by atoms with Gasteiger partial charge in [-0.15, -0.1) is 0 Å². The third-order valence-corrected chi connectivity index (χ3v) is 5.77. The van der Waals surface area contributed by atoms with Gasteiger partial charge in [0.15, 0.2) is 5.78 Å². The van der Waals surface area contributed by atoms with Gasteiger partial charge in [0, 0.05) is 50.5 Å². The second kappa shape index (κ2) is 7.73. The summed E-state index contributed by atoms with van der Waals surface area (Å²) in [5, 5.41) is 4.48. The van der Waals surface area contributed by atoms with Crippen molar-refractivity contribution in [1.29, 1.82) is 0 Å². The number of aryl methyl sites for hydroxylation is 1. The van der Waals surface area contributed by atoms with Crippen LogP contribution in [0.2, 0.25) is 0 Å². The predicted molar refractivity (Wildman–Crippen MR) is 104 cm³/mol. The van der Waals surface area contributed by atoms with E-state index in [1.807, 2.05) is 27.7 Å². The lowest BCUT2D eigenvalue weighted by Gasteiger charge is -2.31. The van der Waals surface area contributed by atoms with Gasteiger partial charge < -0.3 is 4.90 Å². The van der Waals surface area contributed by atoms with Gasteiger partial charge >= 0.3 is 5.69 Å². The first-order chi connectivity index (χ1) is 13.5. The maximum absolute atomic E-state index is 12.5. The number of ketones is 1. The summed E-state index contributed by atoms with van der Waals surface area (Å²) in [6.45, 7) is 1.30. The zero-order valence-electron chi connectivity index (χ0n) is 16.2. The fraction of sp³-hybridized carbons (Fsp3) is 0.524. The van der Waals surface area contributed by atoms with Crippen LogP contribution in [0.3, 0.4) is 0 Å². The van der Waals surface area contributed by atoms with Gasteiger partial charge in [0.2, 0.25) is 5.91 Å². The van der Waals surface area contributed by atoms with Gasteiger partial charge in [0.1, 0.15) is 5.82 Å². The van der Waals surface area contributed by atoms with Crippen LogP contribution in [-0.4, -0.2) is 44.0 Å². The molecule has 1 amide bonds. The van der Waals surface area contributed by atoms with Gasteiger partial charge in [-0.05, 0) is 25.7 Å². The van der Waals surface area contributed by atoms with Crippen LogP contribution in [0.4, 0.5) is 0 Å². The van der Waals surface area contributed by atoms with E-state index in [2.05, 4.69) is 5.10 Å².